The molecule has 1 aliphatic heterocycles. The van der Waals surface area contributed by atoms with Gasteiger partial charge in [-0.1, -0.05) is 35.3 Å². The number of alkyl halides is 3. The summed E-state index contributed by atoms with van der Waals surface area (Å²) in [6.45, 7) is 0. The SMILES string of the molecule is O=C1c2ccccc2C(=O)N1c1cc(Cl)cc(C(F)(F)F)c1Cl. The van der Waals surface area contributed by atoms with E-state index in [-0.39, 0.29) is 16.1 Å². The predicted molar refractivity (Wildman–Crippen MR) is 79.0 cm³/mol. The summed E-state index contributed by atoms with van der Waals surface area (Å²) in [5.74, 6) is -1.49. The Hall–Kier alpha value is -2.05. The van der Waals surface area contributed by atoms with Crippen LogP contribution in [-0.2, 0) is 6.18 Å². The minimum absolute atomic E-state index is 0.0992. The van der Waals surface area contributed by atoms with E-state index in [4.69, 9.17) is 23.2 Å². The molecule has 8 heteroatoms. The maximum atomic E-state index is 13.0. The average molecular weight is 360 g/mol. The molecule has 0 bridgehead atoms. The van der Waals surface area contributed by atoms with Crippen molar-refractivity contribution >= 4 is 40.7 Å². The van der Waals surface area contributed by atoms with Crippen LogP contribution >= 0.6 is 23.2 Å². The Bertz CT molecular complexity index is 814. The van der Waals surface area contributed by atoms with Gasteiger partial charge < -0.3 is 0 Å². The molecule has 0 N–H and O–H groups in total. The zero-order valence-corrected chi connectivity index (χ0v) is 12.6. The van der Waals surface area contributed by atoms with Crippen LogP contribution in [0.25, 0.3) is 0 Å². The number of halogens is 5. The molecule has 23 heavy (non-hydrogen) atoms. The van der Waals surface area contributed by atoms with Crippen molar-refractivity contribution in [2.45, 2.75) is 6.18 Å². The van der Waals surface area contributed by atoms with E-state index in [1.807, 2.05) is 0 Å². The summed E-state index contributed by atoms with van der Waals surface area (Å²) in [5, 5.41) is -1.04. The highest BCUT2D eigenvalue weighted by atomic mass is 35.5. The lowest BCUT2D eigenvalue weighted by atomic mass is 10.1. The molecule has 0 spiro atoms. The van der Waals surface area contributed by atoms with Gasteiger partial charge in [0.15, 0.2) is 0 Å². The van der Waals surface area contributed by atoms with Crippen molar-refractivity contribution in [3.05, 3.63) is 63.1 Å². The molecule has 2 aromatic carbocycles. The Morgan fingerprint density at radius 3 is 1.91 bits per heavy atom. The number of hydrogen-bond donors (Lipinski definition) is 0. The van der Waals surface area contributed by atoms with Crippen LogP contribution in [0.2, 0.25) is 10.0 Å². The van der Waals surface area contributed by atoms with E-state index in [1.165, 1.54) is 12.1 Å². The number of imide groups is 1. The molecule has 0 aliphatic carbocycles. The first-order chi connectivity index (χ1) is 10.7. The number of carbonyl (C=O) groups is 2. The van der Waals surface area contributed by atoms with E-state index in [2.05, 4.69) is 0 Å². The highest BCUT2D eigenvalue weighted by Gasteiger charge is 2.41. The van der Waals surface area contributed by atoms with Gasteiger partial charge in [0.25, 0.3) is 11.8 Å². The lowest BCUT2D eigenvalue weighted by Gasteiger charge is -2.19. The Morgan fingerprint density at radius 2 is 1.43 bits per heavy atom. The number of benzene rings is 2. The van der Waals surface area contributed by atoms with Gasteiger partial charge in [-0.2, -0.15) is 13.2 Å². The van der Waals surface area contributed by atoms with E-state index in [0.29, 0.717) is 11.0 Å². The maximum Gasteiger partial charge on any atom is 0.417 e. The van der Waals surface area contributed by atoms with Gasteiger partial charge in [-0.25, -0.2) is 4.90 Å². The predicted octanol–water partition coefficient (Wildman–Crippen LogP) is 4.81. The third-order valence-corrected chi connectivity index (χ3v) is 3.97. The molecule has 2 aromatic rings. The highest BCUT2D eigenvalue weighted by Crippen LogP contribution is 2.43. The molecule has 3 nitrogen and oxygen atoms in total. The standard InChI is InChI=1S/C15H6Cl2F3NO2/c16-7-5-10(15(18,19)20)12(17)11(6-7)21-13(22)8-3-1-2-4-9(8)14(21)23/h1-6H. The van der Waals surface area contributed by atoms with Gasteiger partial charge in [0.2, 0.25) is 0 Å². The van der Waals surface area contributed by atoms with Gasteiger partial charge in [0.05, 0.1) is 27.4 Å². The minimum atomic E-state index is -4.77. The molecule has 1 aliphatic rings. The maximum absolute atomic E-state index is 13.0. The van der Waals surface area contributed by atoms with E-state index < -0.39 is 34.3 Å². The van der Waals surface area contributed by atoms with Gasteiger partial charge >= 0.3 is 6.18 Å². The summed E-state index contributed by atoms with van der Waals surface area (Å²) < 4.78 is 39.1. The topological polar surface area (TPSA) is 37.4 Å². The molecule has 0 aromatic heterocycles. The van der Waals surface area contributed by atoms with Crippen LogP contribution in [0.4, 0.5) is 18.9 Å². The summed E-state index contributed by atoms with van der Waals surface area (Å²) in [5.41, 5.74) is -1.40. The van der Waals surface area contributed by atoms with Crippen LogP contribution in [0.3, 0.4) is 0 Å². The van der Waals surface area contributed by atoms with Crippen LogP contribution in [0.15, 0.2) is 36.4 Å². The van der Waals surface area contributed by atoms with Gasteiger partial charge in [-0.15, -0.1) is 0 Å². The molecule has 0 atom stereocenters. The van der Waals surface area contributed by atoms with Crippen molar-refractivity contribution in [2.75, 3.05) is 4.90 Å². The largest absolute Gasteiger partial charge is 0.417 e. The van der Waals surface area contributed by atoms with Gasteiger partial charge in [-0.05, 0) is 24.3 Å². The number of nitrogens with zero attached hydrogens (tertiary/aromatic N) is 1. The second-order valence-electron chi connectivity index (χ2n) is 4.78. The number of carbonyl (C=O) groups excluding carboxylic acids is 2. The molecule has 0 saturated heterocycles. The van der Waals surface area contributed by atoms with Gasteiger partial charge in [-0.3, -0.25) is 9.59 Å². The molecular formula is C15H6Cl2F3NO2. The molecule has 0 saturated carbocycles. The number of amides is 2. The van der Waals surface area contributed by atoms with Crippen LogP contribution in [0.5, 0.6) is 0 Å². The number of anilines is 1. The molecule has 1 heterocycles. The van der Waals surface area contributed by atoms with Crippen molar-refractivity contribution < 1.29 is 22.8 Å². The normalized spacial score (nSPS) is 14.4. The number of fused-ring (bicyclic) bond motifs is 1. The molecule has 118 valence electrons. The summed E-state index contributed by atoms with van der Waals surface area (Å²) in [6, 6.07) is 7.63. The fourth-order valence-corrected chi connectivity index (χ4v) is 2.87. The molecule has 0 unspecified atom stereocenters. The molecule has 0 radical (unpaired) electrons. The summed E-state index contributed by atoms with van der Waals surface area (Å²) >= 11 is 11.5. The second kappa shape index (κ2) is 5.25. The van der Waals surface area contributed by atoms with Crippen molar-refractivity contribution in [1.82, 2.24) is 0 Å². The monoisotopic (exact) mass is 359 g/mol. The van der Waals surface area contributed by atoms with Crippen molar-refractivity contribution in [2.24, 2.45) is 0 Å². The Balaban J connectivity index is 2.20. The minimum Gasteiger partial charge on any atom is -0.268 e. The van der Waals surface area contributed by atoms with Crippen LogP contribution in [-0.4, -0.2) is 11.8 Å². The first kappa shape index (κ1) is 15.8. The van der Waals surface area contributed by atoms with E-state index in [9.17, 15) is 22.8 Å². The van der Waals surface area contributed by atoms with Gasteiger partial charge in [0, 0.05) is 5.02 Å². The van der Waals surface area contributed by atoms with Gasteiger partial charge in [0.1, 0.15) is 0 Å². The van der Waals surface area contributed by atoms with Crippen LogP contribution in [0, 0.1) is 0 Å². The highest BCUT2D eigenvalue weighted by molar-refractivity contribution is 6.41. The molecule has 0 fully saturated rings. The number of rotatable bonds is 1. The molecule has 2 amide bonds. The van der Waals surface area contributed by atoms with Crippen molar-refractivity contribution in [3.63, 3.8) is 0 Å². The second-order valence-corrected chi connectivity index (χ2v) is 5.59. The molecular weight excluding hydrogens is 354 g/mol. The van der Waals surface area contributed by atoms with Crippen molar-refractivity contribution in [3.8, 4) is 0 Å². The lowest BCUT2D eigenvalue weighted by molar-refractivity contribution is -0.137. The summed E-state index contributed by atoms with van der Waals surface area (Å²) in [7, 11) is 0. The third-order valence-electron chi connectivity index (χ3n) is 3.36. The lowest BCUT2D eigenvalue weighted by Crippen LogP contribution is -2.30. The van der Waals surface area contributed by atoms with Crippen molar-refractivity contribution in [1.29, 1.82) is 0 Å². The van der Waals surface area contributed by atoms with Crippen LogP contribution < -0.4 is 4.90 Å². The Labute approximate surface area is 138 Å². The zero-order chi connectivity index (χ0) is 16.9. The number of hydrogen-bond acceptors (Lipinski definition) is 2. The average Bonchev–Trinajstić information content (AvgIpc) is 2.73. The summed E-state index contributed by atoms with van der Waals surface area (Å²) in [6.07, 6.45) is -4.77. The first-order valence-electron chi connectivity index (χ1n) is 6.26. The van der Waals surface area contributed by atoms with E-state index >= 15 is 0 Å². The van der Waals surface area contributed by atoms with E-state index in [1.54, 1.807) is 12.1 Å². The zero-order valence-electron chi connectivity index (χ0n) is 11.1. The fourth-order valence-electron chi connectivity index (χ4n) is 2.35. The molecule has 3 rings (SSSR count). The fraction of sp³-hybridized carbons (Fsp3) is 0.0667. The Kier molecular flexibility index (Phi) is 3.61. The third kappa shape index (κ3) is 2.48. The van der Waals surface area contributed by atoms with E-state index in [0.717, 1.165) is 6.07 Å². The van der Waals surface area contributed by atoms with Crippen LogP contribution in [0.1, 0.15) is 26.3 Å². The summed E-state index contributed by atoms with van der Waals surface area (Å²) in [4.78, 5) is 25.3. The first-order valence-corrected chi connectivity index (χ1v) is 7.01. The quantitative estimate of drug-likeness (QED) is 0.685. The Morgan fingerprint density at radius 1 is 0.913 bits per heavy atom. The smallest absolute Gasteiger partial charge is 0.268 e.